The highest BCUT2D eigenvalue weighted by Gasteiger charge is 2.40. The summed E-state index contributed by atoms with van der Waals surface area (Å²) < 4.78 is 92.3. The third-order valence-corrected chi connectivity index (χ3v) is 4.89. The van der Waals surface area contributed by atoms with Gasteiger partial charge in [-0.1, -0.05) is 5.16 Å². The van der Waals surface area contributed by atoms with Crippen molar-refractivity contribution in [2.45, 2.75) is 31.7 Å². The SMILES string of the molecule is FC(F)(F)c1cc(-c2noc(Cn3nc(C(F)(F)F)c4c3OCCC4)n2)c2nccn2c1. The van der Waals surface area contributed by atoms with Gasteiger partial charge in [-0.25, -0.2) is 9.67 Å². The molecule has 0 fully saturated rings. The summed E-state index contributed by atoms with van der Waals surface area (Å²) >= 11 is 0. The lowest BCUT2D eigenvalue weighted by atomic mass is 10.1. The van der Waals surface area contributed by atoms with E-state index in [9.17, 15) is 26.3 Å². The Morgan fingerprint density at radius 2 is 1.91 bits per heavy atom. The number of nitrogens with zero attached hydrogens (tertiary/aromatic N) is 6. The predicted octanol–water partition coefficient (Wildman–Crippen LogP) is 3.99. The molecule has 1 aliphatic heterocycles. The maximum Gasteiger partial charge on any atom is 0.435 e. The fourth-order valence-electron chi connectivity index (χ4n) is 3.53. The molecule has 5 heterocycles. The molecule has 14 heteroatoms. The monoisotopic (exact) mass is 458 g/mol. The molecule has 0 saturated carbocycles. The van der Waals surface area contributed by atoms with E-state index in [1.54, 1.807) is 0 Å². The molecule has 0 amide bonds. The Hall–Kier alpha value is -3.58. The molecule has 0 N–H and O–H groups in total. The van der Waals surface area contributed by atoms with Gasteiger partial charge in [0.05, 0.1) is 17.7 Å². The zero-order chi connectivity index (χ0) is 22.7. The van der Waals surface area contributed by atoms with Crippen molar-refractivity contribution in [1.29, 1.82) is 0 Å². The Kier molecular flexibility index (Phi) is 4.43. The zero-order valence-electron chi connectivity index (χ0n) is 15.9. The second-order valence-corrected chi connectivity index (χ2v) is 7.05. The Bertz CT molecular complexity index is 1300. The lowest BCUT2D eigenvalue weighted by Crippen LogP contribution is -2.13. The number of halogens is 6. The number of rotatable bonds is 3. The Labute approximate surface area is 174 Å². The lowest BCUT2D eigenvalue weighted by Gasteiger charge is -2.15. The highest BCUT2D eigenvalue weighted by atomic mass is 19.4. The van der Waals surface area contributed by atoms with Crippen molar-refractivity contribution in [1.82, 2.24) is 29.3 Å². The third kappa shape index (κ3) is 3.44. The Balaban J connectivity index is 1.52. The summed E-state index contributed by atoms with van der Waals surface area (Å²) in [5, 5.41) is 7.29. The summed E-state index contributed by atoms with van der Waals surface area (Å²) in [6.07, 6.45) is -5.20. The second-order valence-electron chi connectivity index (χ2n) is 7.05. The third-order valence-electron chi connectivity index (χ3n) is 4.89. The first-order valence-electron chi connectivity index (χ1n) is 9.28. The molecule has 0 unspecified atom stereocenters. The van der Waals surface area contributed by atoms with E-state index >= 15 is 0 Å². The van der Waals surface area contributed by atoms with Crippen molar-refractivity contribution in [3.63, 3.8) is 0 Å². The average molecular weight is 458 g/mol. The van der Waals surface area contributed by atoms with Crippen LogP contribution in [0.5, 0.6) is 5.88 Å². The highest BCUT2D eigenvalue weighted by Crippen LogP contribution is 2.38. The molecule has 0 atom stereocenters. The van der Waals surface area contributed by atoms with Crippen LogP contribution in [0.3, 0.4) is 0 Å². The van der Waals surface area contributed by atoms with Crippen molar-refractivity contribution >= 4 is 5.65 Å². The van der Waals surface area contributed by atoms with Gasteiger partial charge in [0.15, 0.2) is 5.69 Å². The average Bonchev–Trinajstić information content (AvgIpc) is 3.45. The summed E-state index contributed by atoms with van der Waals surface area (Å²) in [5.41, 5.74) is -1.95. The van der Waals surface area contributed by atoms with Crippen LogP contribution in [0.2, 0.25) is 0 Å². The van der Waals surface area contributed by atoms with E-state index in [1.807, 2.05) is 0 Å². The van der Waals surface area contributed by atoms with Gasteiger partial charge < -0.3 is 13.7 Å². The summed E-state index contributed by atoms with van der Waals surface area (Å²) in [4.78, 5) is 8.06. The molecular formula is C18H12F6N6O2. The number of hydrogen-bond acceptors (Lipinski definition) is 6. The van der Waals surface area contributed by atoms with E-state index in [0.29, 0.717) is 6.42 Å². The van der Waals surface area contributed by atoms with Crippen LogP contribution in [0, 0.1) is 0 Å². The zero-order valence-corrected chi connectivity index (χ0v) is 15.9. The molecule has 0 aliphatic carbocycles. The van der Waals surface area contributed by atoms with Gasteiger partial charge in [-0.2, -0.15) is 36.4 Å². The maximum absolute atomic E-state index is 13.3. The van der Waals surface area contributed by atoms with E-state index in [2.05, 4.69) is 20.2 Å². The quantitative estimate of drug-likeness (QED) is 0.432. The lowest BCUT2D eigenvalue weighted by molar-refractivity contribution is -0.142. The molecule has 0 aromatic carbocycles. The molecule has 5 rings (SSSR count). The Morgan fingerprint density at radius 3 is 2.66 bits per heavy atom. The van der Waals surface area contributed by atoms with E-state index in [-0.39, 0.29) is 53.9 Å². The summed E-state index contributed by atoms with van der Waals surface area (Å²) in [6.45, 7) is -0.123. The van der Waals surface area contributed by atoms with Crippen molar-refractivity contribution in [2.24, 2.45) is 0 Å². The van der Waals surface area contributed by atoms with Gasteiger partial charge in [0.1, 0.15) is 12.2 Å². The smallest absolute Gasteiger partial charge is 0.435 e. The topological polar surface area (TPSA) is 83.3 Å². The van der Waals surface area contributed by atoms with Crippen molar-refractivity contribution in [2.75, 3.05) is 6.61 Å². The molecular weight excluding hydrogens is 446 g/mol. The van der Waals surface area contributed by atoms with Gasteiger partial charge in [0.25, 0.3) is 0 Å². The number of aromatic nitrogens is 6. The largest absolute Gasteiger partial charge is 0.478 e. The molecule has 0 spiro atoms. The molecule has 4 aromatic heterocycles. The van der Waals surface area contributed by atoms with Crippen LogP contribution in [0.15, 0.2) is 29.2 Å². The van der Waals surface area contributed by atoms with E-state index < -0.39 is 23.6 Å². The van der Waals surface area contributed by atoms with E-state index in [0.717, 1.165) is 16.9 Å². The summed E-state index contributed by atoms with van der Waals surface area (Å²) in [6, 6.07) is 0.831. The normalized spacial score (nSPS) is 14.6. The number of hydrogen-bond donors (Lipinski definition) is 0. The molecule has 0 saturated heterocycles. The number of alkyl halides is 6. The first kappa shape index (κ1) is 20.3. The predicted molar refractivity (Wildman–Crippen MR) is 93.6 cm³/mol. The van der Waals surface area contributed by atoms with Gasteiger partial charge in [-0.05, 0) is 18.9 Å². The standard InChI is InChI=1S/C18H12F6N6O2/c19-17(20,21)9-6-11(15-25-3-4-29(15)7-9)14-26-12(32-28-14)8-30-16-10(2-1-5-31-16)13(27-30)18(22,23)24/h3-4,6-7H,1-2,5,8H2. The van der Waals surface area contributed by atoms with Gasteiger partial charge in [0.2, 0.25) is 17.6 Å². The van der Waals surface area contributed by atoms with Gasteiger partial charge in [0, 0.05) is 24.2 Å². The molecule has 0 bridgehead atoms. The van der Waals surface area contributed by atoms with Crippen LogP contribution >= 0.6 is 0 Å². The van der Waals surface area contributed by atoms with Gasteiger partial charge >= 0.3 is 12.4 Å². The molecule has 32 heavy (non-hydrogen) atoms. The Morgan fingerprint density at radius 1 is 1.09 bits per heavy atom. The van der Waals surface area contributed by atoms with Crippen LogP contribution in [0.1, 0.15) is 29.1 Å². The fourth-order valence-corrected chi connectivity index (χ4v) is 3.53. The van der Waals surface area contributed by atoms with Gasteiger partial charge in [-0.15, -0.1) is 0 Å². The van der Waals surface area contributed by atoms with Crippen LogP contribution < -0.4 is 4.74 Å². The maximum atomic E-state index is 13.3. The van der Waals surface area contributed by atoms with Gasteiger partial charge in [-0.3, -0.25) is 0 Å². The van der Waals surface area contributed by atoms with E-state index in [4.69, 9.17) is 9.26 Å². The van der Waals surface area contributed by atoms with E-state index in [1.165, 1.54) is 16.8 Å². The van der Waals surface area contributed by atoms with Crippen LogP contribution in [-0.2, 0) is 25.3 Å². The number of ether oxygens (including phenoxy) is 1. The number of fused-ring (bicyclic) bond motifs is 2. The molecule has 4 aromatic rings. The van der Waals surface area contributed by atoms with Crippen LogP contribution in [-0.4, -0.2) is 35.9 Å². The first-order valence-corrected chi connectivity index (χ1v) is 9.28. The summed E-state index contributed by atoms with van der Waals surface area (Å²) in [5.74, 6) is -0.395. The first-order chi connectivity index (χ1) is 15.1. The number of pyridine rings is 1. The van der Waals surface area contributed by atoms with Crippen molar-refractivity contribution < 1.29 is 35.6 Å². The highest BCUT2D eigenvalue weighted by molar-refractivity contribution is 5.73. The second kappa shape index (κ2) is 6.97. The van der Waals surface area contributed by atoms with Crippen LogP contribution in [0.4, 0.5) is 26.3 Å². The number of imidazole rings is 1. The molecule has 168 valence electrons. The molecule has 0 radical (unpaired) electrons. The minimum atomic E-state index is -4.67. The minimum Gasteiger partial charge on any atom is -0.478 e. The van der Waals surface area contributed by atoms with Crippen molar-refractivity contribution in [3.8, 4) is 17.3 Å². The molecule has 1 aliphatic rings. The fraction of sp³-hybridized carbons (Fsp3) is 0.333. The van der Waals surface area contributed by atoms with Crippen molar-refractivity contribution in [3.05, 3.63) is 47.4 Å². The summed E-state index contributed by atoms with van der Waals surface area (Å²) in [7, 11) is 0. The minimum absolute atomic E-state index is 0.0435. The molecule has 8 nitrogen and oxygen atoms in total. The van der Waals surface area contributed by atoms with Crippen LogP contribution in [0.25, 0.3) is 17.0 Å².